The number of nitrogens with zero attached hydrogens (tertiary/aromatic N) is 3. The molecule has 9 heteroatoms. The molecular formula is C16H17F2N3O3S. The summed E-state index contributed by atoms with van der Waals surface area (Å²) in [5.41, 5.74) is 0.129. The molecule has 1 heterocycles. The lowest BCUT2D eigenvalue weighted by atomic mass is 9.86. The van der Waals surface area contributed by atoms with E-state index in [1.165, 1.54) is 30.3 Å². The molecule has 2 rings (SSSR count). The van der Waals surface area contributed by atoms with Crippen LogP contribution in [0.25, 0.3) is 0 Å². The lowest BCUT2D eigenvalue weighted by Crippen LogP contribution is -2.29. The zero-order valence-corrected chi connectivity index (χ0v) is 14.4. The molecule has 0 bridgehead atoms. The monoisotopic (exact) mass is 369 g/mol. The van der Waals surface area contributed by atoms with Crippen molar-refractivity contribution in [3.8, 4) is 0 Å². The Morgan fingerprint density at radius 2 is 2.08 bits per heavy atom. The lowest BCUT2D eigenvalue weighted by Gasteiger charge is -2.31. The van der Waals surface area contributed by atoms with Gasteiger partial charge in [0.1, 0.15) is 24.3 Å². The van der Waals surface area contributed by atoms with Crippen LogP contribution < -0.4 is 0 Å². The number of carboxylic acids is 1. The summed E-state index contributed by atoms with van der Waals surface area (Å²) in [6, 6.07) is 2.34. The second-order valence-electron chi connectivity index (χ2n) is 5.55. The van der Waals surface area contributed by atoms with Gasteiger partial charge >= 0.3 is 5.97 Å². The molecule has 3 unspecified atom stereocenters. The molecule has 25 heavy (non-hydrogen) atoms. The van der Waals surface area contributed by atoms with Gasteiger partial charge in [-0.05, 0) is 11.6 Å². The topological polar surface area (TPSA) is 85.1 Å². The number of halogens is 2. The quantitative estimate of drug-likeness (QED) is 0.807. The summed E-state index contributed by atoms with van der Waals surface area (Å²) in [7, 11) is 0. The molecule has 1 aromatic heterocycles. The Bertz CT molecular complexity index is 755. The zero-order valence-electron chi connectivity index (χ0n) is 13.6. The minimum atomic E-state index is -1.10. The highest BCUT2D eigenvalue weighted by Gasteiger charge is 2.35. The van der Waals surface area contributed by atoms with Crippen LogP contribution in [0, 0.1) is 11.6 Å². The SMILES string of the molecule is CC(=O)SC(C)C(c1ccc(F)cc1F)C(CC(=O)O)n1cncn1. The van der Waals surface area contributed by atoms with Crippen molar-refractivity contribution in [2.75, 3.05) is 0 Å². The van der Waals surface area contributed by atoms with Crippen LogP contribution in [0.2, 0.25) is 0 Å². The van der Waals surface area contributed by atoms with E-state index in [0.717, 1.165) is 23.9 Å². The van der Waals surface area contributed by atoms with Crippen molar-refractivity contribution in [2.24, 2.45) is 0 Å². The predicted molar refractivity (Wildman–Crippen MR) is 88.1 cm³/mol. The molecule has 3 atom stereocenters. The van der Waals surface area contributed by atoms with Gasteiger partial charge < -0.3 is 5.11 Å². The molecule has 0 radical (unpaired) electrons. The molecule has 0 fully saturated rings. The Morgan fingerprint density at radius 3 is 2.60 bits per heavy atom. The summed E-state index contributed by atoms with van der Waals surface area (Å²) in [5.74, 6) is -3.36. The molecule has 0 aliphatic heterocycles. The zero-order chi connectivity index (χ0) is 18.6. The lowest BCUT2D eigenvalue weighted by molar-refractivity contribution is -0.138. The Hall–Kier alpha value is -2.29. The van der Waals surface area contributed by atoms with Crippen molar-refractivity contribution >= 4 is 22.8 Å². The van der Waals surface area contributed by atoms with Crippen molar-refractivity contribution in [1.29, 1.82) is 0 Å². The number of hydrogen-bond acceptors (Lipinski definition) is 5. The van der Waals surface area contributed by atoms with Gasteiger partial charge in [-0.1, -0.05) is 24.8 Å². The average molecular weight is 369 g/mol. The maximum atomic E-state index is 14.4. The fraction of sp³-hybridized carbons (Fsp3) is 0.375. The molecule has 0 amide bonds. The minimum Gasteiger partial charge on any atom is -0.481 e. The molecule has 0 saturated heterocycles. The Labute approximate surface area is 147 Å². The number of aliphatic carboxylic acids is 1. The number of thioether (sulfide) groups is 1. The van der Waals surface area contributed by atoms with Crippen LogP contribution in [0.15, 0.2) is 30.9 Å². The summed E-state index contributed by atoms with van der Waals surface area (Å²) in [6.45, 7) is 3.08. The van der Waals surface area contributed by atoms with Crippen LogP contribution in [-0.2, 0) is 9.59 Å². The number of carboxylic acid groups (broad SMARTS) is 1. The van der Waals surface area contributed by atoms with Gasteiger partial charge in [0.2, 0.25) is 0 Å². The van der Waals surface area contributed by atoms with E-state index in [1.54, 1.807) is 6.92 Å². The van der Waals surface area contributed by atoms with E-state index in [4.69, 9.17) is 0 Å². The number of benzene rings is 1. The molecule has 0 saturated carbocycles. The van der Waals surface area contributed by atoms with E-state index in [1.807, 2.05) is 0 Å². The van der Waals surface area contributed by atoms with Gasteiger partial charge in [0, 0.05) is 24.2 Å². The largest absolute Gasteiger partial charge is 0.481 e. The summed E-state index contributed by atoms with van der Waals surface area (Å²) in [5, 5.41) is 12.6. The average Bonchev–Trinajstić information content (AvgIpc) is 3.01. The number of carbonyl (C=O) groups is 2. The smallest absolute Gasteiger partial charge is 0.305 e. The summed E-state index contributed by atoms with van der Waals surface area (Å²) in [6.07, 6.45) is 2.23. The highest BCUT2D eigenvalue weighted by molar-refractivity contribution is 8.14. The first-order chi connectivity index (χ1) is 11.8. The Kier molecular flexibility index (Phi) is 6.24. The van der Waals surface area contributed by atoms with Gasteiger partial charge in [-0.2, -0.15) is 5.10 Å². The van der Waals surface area contributed by atoms with E-state index >= 15 is 0 Å². The number of aromatic nitrogens is 3. The van der Waals surface area contributed by atoms with Crippen molar-refractivity contribution < 1.29 is 23.5 Å². The molecule has 2 aromatic rings. The first-order valence-electron chi connectivity index (χ1n) is 7.47. The standard InChI is InChI=1S/C16H17F2N3O3S/c1-9(25-10(2)22)16(12-4-3-11(17)5-13(12)18)14(6-15(23)24)21-8-19-7-20-21/h3-5,7-9,14,16H,6H2,1-2H3,(H,23,24). The Balaban J connectivity index is 2.54. The van der Waals surface area contributed by atoms with Crippen LogP contribution in [0.1, 0.15) is 37.8 Å². The number of rotatable bonds is 7. The maximum Gasteiger partial charge on any atom is 0.305 e. The molecule has 6 nitrogen and oxygen atoms in total. The van der Waals surface area contributed by atoms with Crippen molar-refractivity contribution in [1.82, 2.24) is 14.8 Å². The van der Waals surface area contributed by atoms with Crippen LogP contribution in [0.3, 0.4) is 0 Å². The molecule has 0 aliphatic carbocycles. The minimum absolute atomic E-state index is 0.129. The number of hydrogen-bond donors (Lipinski definition) is 1. The summed E-state index contributed by atoms with van der Waals surface area (Å²) < 4.78 is 29.0. The molecule has 0 aliphatic rings. The molecule has 1 N–H and O–H groups in total. The Morgan fingerprint density at radius 1 is 1.36 bits per heavy atom. The third-order valence-corrected chi connectivity index (χ3v) is 4.75. The van der Waals surface area contributed by atoms with E-state index in [-0.39, 0.29) is 17.1 Å². The third-order valence-electron chi connectivity index (χ3n) is 3.75. The third kappa shape index (κ3) is 4.85. The van der Waals surface area contributed by atoms with E-state index in [0.29, 0.717) is 0 Å². The first-order valence-corrected chi connectivity index (χ1v) is 8.35. The highest BCUT2D eigenvalue weighted by atomic mass is 32.2. The fourth-order valence-corrected chi connectivity index (χ4v) is 3.83. The van der Waals surface area contributed by atoms with Gasteiger partial charge in [-0.25, -0.2) is 18.4 Å². The van der Waals surface area contributed by atoms with Crippen LogP contribution in [0.5, 0.6) is 0 Å². The van der Waals surface area contributed by atoms with Crippen molar-refractivity contribution in [3.63, 3.8) is 0 Å². The number of carbonyl (C=O) groups excluding carboxylic acids is 1. The van der Waals surface area contributed by atoms with Gasteiger partial charge in [0.05, 0.1) is 12.5 Å². The van der Waals surface area contributed by atoms with E-state index < -0.39 is 34.8 Å². The van der Waals surface area contributed by atoms with Gasteiger partial charge in [0.15, 0.2) is 5.12 Å². The normalized spacial score (nSPS) is 14.7. The first kappa shape index (κ1) is 19.0. The summed E-state index contributed by atoms with van der Waals surface area (Å²) in [4.78, 5) is 26.7. The van der Waals surface area contributed by atoms with Crippen LogP contribution >= 0.6 is 11.8 Å². The maximum absolute atomic E-state index is 14.4. The molecule has 0 spiro atoms. The molecule has 134 valence electrons. The van der Waals surface area contributed by atoms with E-state index in [9.17, 15) is 23.5 Å². The fourth-order valence-electron chi connectivity index (χ4n) is 2.83. The van der Waals surface area contributed by atoms with Gasteiger partial charge in [-0.15, -0.1) is 0 Å². The van der Waals surface area contributed by atoms with Crippen molar-refractivity contribution in [2.45, 2.75) is 37.5 Å². The summed E-state index contributed by atoms with van der Waals surface area (Å²) >= 11 is 0.969. The van der Waals surface area contributed by atoms with Gasteiger partial charge in [-0.3, -0.25) is 9.59 Å². The van der Waals surface area contributed by atoms with Crippen LogP contribution in [0.4, 0.5) is 8.78 Å². The second-order valence-corrected chi connectivity index (χ2v) is 7.10. The predicted octanol–water partition coefficient (Wildman–Crippen LogP) is 3.02. The molecule has 1 aromatic carbocycles. The molecular weight excluding hydrogens is 352 g/mol. The van der Waals surface area contributed by atoms with Gasteiger partial charge in [0.25, 0.3) is 0 Å². The second kappa shape index (κ2) is 8.19. The van der Waals surface area contributed by atoms with Crippen molar-refractivity contribution in [3.05, 3.63) is 48.1 Å². The highest BCUT2D eigenvalue weighted by Crippen LogP contribution is 2.40. The van der Waals surface area contributed by atoms with Crippen LogP contribution in [-0.4, -0.2) is 36.2 Å². The van der Waals surface area contributed by atoms with E-state index in [2.05, 4.69) is 10.1 Å².